The van der Waals surface area contributed by atoms with E-state index in [-0.39, 0.29) is 48.7 Å². The number of esters is 1. The van der Waals surface area contributed by atoms with E-state index in [0.29, 0.717) is 25.7 Å². The Balaban J connectivity index is 1.64. The number of amides is 3. The second-order valence-corrected chi connectivity index (χ2v) is 10.1. The van der Waals surface area contributed by atoms with Crippen molar-refractivity contribution in [1.82, 2.24) is 20.0 Å². The van der Waals surface area contributed by atoms with Crippen molar-refractivity contribution in [3.63, 3.8) is 0 Å². The van der Waals surface area contributed by atoms with Crippen molar-refractivity contribution in [3.8, 4) is 0 Å². The van der Waals surface area contributed by atoms with E-state index in [0.717, 1.165) is 32.2 Å². The zero-order valence-corrected chi connectivity index (χ0v) is 21.0. The summed E-state index contributed by atoms with van der Waals surface area (Å²) in [6.07, 6.45) is 4.00. The third-order valence-corrected chi connectivity index (χ3v) is 7.17. The second-order valence-electron chi connectivity index (χ2n) is 10.1. The van der Waals surface area contributed by atoms with Gasteiger partial charge in [0.2, 0.25) is 17.7 Å². The SMILES string of the molecule is CC(C=O)NC(=O)C1CCCCN1C(=O)C1CC(N)CN1C(=O)CC(C)OC(=O)C1CCCN1C. The minimum absolute atomic E-state index is 0.0422. The average Bonchev–Trinajstić information content (AvgIpc) is 3.43. The van der Waals surface area contributed by atoms with Crippen molar-refractivity contribution in [1.29, 1.82) is 0 Å². The summed E-state index contributed by atoms with van der Waals surface area (Å²) in [5, 5.41) is 2.63. The van der Waals surface area contributed by atoms with Crippen molar-refractivity contribution >= 4 is 30.0 Å². The number of carbonyl (C=O) groups is 5. The van der Waals surface area contributed by atoms with Gasteiger partial charge in [0.1, 0.15) is 30.5 Å². The first-order chi connectivity index (χ1) is 16.6. The van der Waals surface area contributed by atoms with Gasteiger partial charge in [-0.1, -0.05) is 0 Å². The monoisotopic (exact) mass is 493 g/mol. The first kappa shape index (κ1) is 27.1. The third kappa shape index (κ3) is 6.58. The van der Waals surface area contributed by atoms with E-state index in [9.17, 15) is 24.0 Å². The van der Waals surface area contributed by atoms with Gasteiger partial charge in [0.15, 0.2) is 0 Å². The zero-order valence-electron chi connectivity index (χ0n) is 21.0. The molecule has 3 fully saturated rings. The van der Waals surface area contributed by atoms with E-state index in [2.05, 4.69) is 5.32 Å². The number of hydrogen-bond acceptors (Lipinski definition) is 8. The van der Waals surface area contributed by atoms with Crippen LogP contribution in [-0.2, 0) is 28.7 Å². The standard InChI is InChI=1S/C24H39N5O6/c1-15(14-30)26-22(32)18-7-4-5-10-28(18)23(33)20-12-17(25)13-29(20)21(31)11-16(2)35-24(34)19-8-6-9-27(19)3/h14-20H,4-13,25H2,1-3H3,(H,26,32). The largest absolute Gasteiger partial charge is 0.461 e. The van der Waals surface area contributed by atoms with Crippen molar-refractivity contribution < 1.29 is 28.7 Å². The maximum absolute atomic E-state index is 13.5. The maximum Gasteiger partial charge on any atom is 0.323 e. The summed E-state index contributed by atoms with van der Waals surface area (Å²) >= 11 is 0. The Kier molecular flexibility index (Phi) is 9.23. The fourth-order valence-corrected chi connectivity index (χ4v) is 5.28. The summed E-state index contributed by atoms with van der Waals surface area (Å²) in [4.78, 5) is 67.8. The van der Waals surface area contributed by atoms with Crippen LogP contribution in [0.5, 0.6) is 0 Å². The van der Waals surface area contributed by atoms with Gasteiger partial charge >= 0.3 is 5.97 Å². The number of hydrogen-bond donors (Lipinski definition) is 2. The van der Waals surface area contributed by atoms with Crippen LogP contribution >= 0.6 is 0 Å². The molecule has 11 nitrogen and oxygen atoms in total. The van der Waals surface area contributed by atoms with Crippen LogP contribution in [0, 0.1) is 0 Å². The molecular weight excluding hydrogens is 454 g/mol. The lowest BCUT2D eigenvalue weighted by atomic mass is 9.99. The van der Waals surface area contributed by atoms with Crippen LogP contribution in [0.25, 0.3) is 0 Å². The van der Waals surface area contributed by atoms with Gasteiger partial charge in [-0.25, -0.2) is 0 Å². The molecule has 6 atom stereocenters. The third-order valence-electron chi connectivity index (χ3n) is 7.17. The van der Waals surface area contributed by atoms with E-state index in [1.807, 2.05) is 11.9 Å². The van der Waals surface area contributed by atoms with Crippen LogP contribution in [0.3, 0.4) is 0 Å². The van der Waals surface area contributed by atoms with Crippen LogP contribution in [0.4, 0.5) is 0 Å². The zero-order chi connectivity index (χ0) is 25.7. The molecule has 0 bridgehead atoms. The Bertz CT molecular complexity index is 822. The summed E-state index contributed by atoms with van der Waals surface area (Å²) in [5.74, 6) is -1.30. The molecule has 0 aromatic rings. The first-order valence-corrected chi connectivity index (χ1v) is 12.6. The highest BCUT2D eigenvalue weighted by molar-refractivity contribution is 5.93. The molecular formula is C24H39N5O6. The molecule has 0 aromatic carbocycles. The highest BCUT2D eigenvalue weighted by Gasteiger charge is 2.43. The van der Waals surface area contributed by atoms with Gasteiger partial charge in [-0.05, 0) is 66.0 Å². The number of nitrogens with one attached hydrogen (secondary N) is 1. The van der Waals surface area contributed by atoms with Gasteiger partial charge in [-0.15, -0.1) is 0 Å². The Morgan fingerprint density at radius 1 is 1.03 bits per heavy atom. The molecule has 0 radical (unpaired) electrons. The minimum atomic E-state index is -0.765. The van der Waals surface area contributed by atoms with Crippen LogP contribution in [-0.4, -0.2) is 108 Å². The van der Waals surface area contributed by atoms with Crippen LogP contribution in [0.15, 0.2) is 0 Å². The molecule has 3 amide bonds. The maximum atomic E-state index is 13.5. The number of aldehydes is 1. The van der Waals surface area contributed by atoms with Gasteiger partial charge in [0.05, 0.1) is 12.5 Å². The summed E-state index contributed by atoms with van der Waals surface area (Å²) in [6.45, 7) is 4.73. The van der Waals surface area contributed by atoms with E-state index in [1.165, 1.54) is 9.80 Å². The van der Waals surface area contributed by atoms with Gasteiger partial charge in [0.25, 0.3) is 0 Å². The topological polar surface area (TPSA) is 142 Å². The number of nitrogens with zero attached hydrogens (tertiary/aromatic N) is 3. The Morgan fingerprint density at radius 3 is 2.40 bits per heavy atom. The van der Waals surface area contributed by atoms with Crippen molar-refractivity contribution in [2.75, 3.05) is 26.7 Å². The Hall–Kier alpha value is -2.53. The number of likely N-dealkylation sites (N-methyl/N-ethyl adjacent to an activating group) is 1. The fourth-order valence-electron chi connectivity index (χ4n) is 5.28. The fraction of sp³-hybridized carbons (Fsp3) is 0.792. The van der Waals surface area contributed by atoms with Crippen LogP contribution < -0.4 is 11.1 Å². The number of nitrogens with two attached hydrogens (primary N) is 1. The minimum Gasteiger partial charge on any atom is -0.461 e. The average molecular weight is 494 g/mol. The molecule has 35 heavy (non-hydrogen) atoms. The molecule has 0 saturated carbocycles. The Labute approximate surface area is 206 Å². The van der Waals surface area contributed by atoms with E-state index in [1.54, 1.807) is 13.8 Å². The predicted molar refractivity (Wildman–Crippen MR) is 127 cm³/mol. The number of likely N-dealkylation sites (tertiary alicyclic amines) is 3. The van der Waals surface area contributed by atoms with Gasteiger partial charge in [0, 0.05) is 19.1 Å². The van der Waals surface area contributed by atoms with E-state index < -0.39 is 24.2 Å². The van der Waals surface area contributed by atoms with Crippen molar-refractivity contribution in [3.05, 3.63) is 0 Å². The molecule has 3 aliphatic rings. The lowest BCUT2D eigenvalue weighted by molar-refractivity contribution is -0.156. The Morgan fingerprint density at radius 2 is 1.74 bits per heavy atom. The first-order valence-electron chi connectivity index (χ1n) is 12.6. The molecule has 0 spiro atoms. The van der Waals surface area contributed by atoms with Crippen LogP contribution in [0.1, 0.15) is 58.8 Å². The lowest BCUT2D eigenvalue weighted by Crippen LogP contribution is -2.58. The molecule has 0 aliphatic carbocycles. The molecule has 3 rings (SSSR count). The smallest absolute Gasteiger partial charge is 0.323 e. The molecule has 0 aromatic heterocycles. The van der Waals surface area contributed by atoms with Crippen molar-refractivity contribution in [2.45, 2.75) is 95.1 Å². The molecule has 3 heterocycles. The number of carbonyl (C=O) groups excluding carboxylic acids is 5. The number of rotatable bonds is 8. The number of ether oxygens (including phenoxy) is 1. The lowest BCUT2D eigenvalue weighted by Gasteiger charge is -2.38. The van der Waals surface area contributed by atoms with Crippen LogP contribution in [0.2, 0.25) is 0 Å². The predicted octanol–water partition coefficient (Wildman–Crippen LogP) is -0.585. The highest BCUT2D eigenvalue weighted by Crippen LogP contribution is 2.26. The molecule has 3 saturated heterocycles. The highest BCUT2D eigenvalue weighted by atomic mass is 16.5. The summed E-state index contributed by atoms with van der Waals surface area (Å²) in [5.41, 5.74) is 6.13. The summed E-state index contributed by atoms with van der Waals surface area (Å²) in [6, 6.07) is -2.74. The summed E-state index contributed by atoms with van der Waals surface area (Å²) < 4.78 is 5.53. The van der Waals surface area contributed by atoms with E-state index in [4.69, 9.17) is 10.5 Å². The van der Waals surface area contributed by atoms with E-state index >= 15 is 0 Å². The van der Waals surface area contributed by atoms with Gasteiger partial charge in [-0.2, -0.15) is 0 Å². The normalized spacial score (nSPS) is 28.9. The molecule has 3 aliphatic heterocycles. The molecule has 196 valence electrons. The van der Waals surface area contributed by atoms with Crippen molar-refractivity contribution in [2.24, 2.45) is 5.73 Å². The molecule has 11 heteroatoms. The molecule has 6 unspecified atom stereocenters. The number of piperidine rings is 1. The second kappa shape index (κ2) is 11.9. The molecule has 3 N–H and O–H groups in total. The quantitative estimate of drug-likeness (QED) is 0.338. The summed E-state index contributed by atoms with van der Waals surface area (Å²) in [7, 11) is 1.88. The van der Waals surface area contributed by atoms with Gasteiger partial charge in [-0.3, -0.25) is 24.1 Å². The van der Waals surface area contributed by atoms with Gasteiger partial charge < -0.3 is 30.4 Å².